The Morgan fingerprint density at radius 1 is 0.880 bits per heavy atom. The van der Waals surface area contributed by atoms with Crippen molar-refractivity contribution in [1.29, 1.82) is 0 Å². The van der Waals surface area contributed by atoms with Crippen molar-refractivity contribution < 1.29 is 9.59 Å². The Hall–Kier alpha value is -2.62. The van der Waals surface area contributed by atoms with Gasteiger partial charge in [-0.3, -0.25) is 9.59 Å². The summed E-state index contributed by atoms with van der Waals surface area (Å²) in [6, 6.07) is 13.8. The molecule has 0 aliphatic heterocycles. The topological polar surface area (TPSA) is 58.2 Å². The average molecular weight is 338 g/mol. The van der Waals surface area contributed by atoms with Gasteiger partial charge in [-0.15, -0.1) is 0 Å². The molecule has 0 atom stereocenters. The second-order valence-electron chi connectivity index (χ2n) is 7.01. The monoisotopic (exact) mass is 338 g/mol. The highest BCUT2D eigenvalue weighted by Crippen LogP contribution is 2.24. The van der Waals surface area contributed by atoms with Gasteiger partial charge in [-0.2, -0.15) is 0 Å². The number of benzene rings is 2. The van der Waals surface area contributed by atoms with Crippen LogP contribution in [0.25, 0.3) is 0 Å². The molecule has 2 N–H and O–H groups in total. The van der Waals surface area contributed by atoms with Crippen LogP contribution in [0, 0.1) is 26.2 Å². The molecule has 0 unspecified atom stereocenters. The van der Waals surface area contributed by atoms with Crippen LogP contribution in [0.4, 0.5) is 5.69 Å². The summed E-state index contributed by atoms with van der Waals surface area (Å²) < 4.78 is 0. The first-order valence-corrected chi connectivity index (χ1v) is 8.43. The number of carbonyl (C=O) groups excluding carboxylic acids is 2. The van der Waals surface area contributed by atoms with Gasteiger partial charge in [0, 0.05) is 12.2 Å². The van der Waals surface area contributed by atoms with Crippen LogP contribution in [0.5, 0.6) is 0 Å². The SMILES string of the molecule is Cc1ccc(CNC(=O)C(C)(C)C(=O)Nc2c(C)cccc2C)cc1. The fourth-order valence-corrected chi connectivity index (χ4v) is 2.49. The number of anilines is 1. The summed E-state index contributed by atoms with van der Waals surface area (Å²) in [7, 11) is 0. The molecular formula is C21H26N2O2. The van der Waals surface area contributed by atoms with E-state index < -0.39 is 5.41 Å². The van der Waals surface area contributed by atoms with Gasteiger partial charge in [0.15, 0.2) is 0 Å². The van der Waals surface area contributed by atoms with Crippen LogP contribution < -0.4 is 10.6 Å². The molecule has 0 aliphatic rings. The van der Waals surface area contributed by atoms with Gasteiger partial charge in [-0.05, 0) is 51.3 Å². The Balaban J connectivity index is 2.04. The van der Waals surface area contributed by atoms with Crippen molar-refractivity contribution in [3.63, 3.8) is 0 Å². The maximum absolute atomic E-state index is 12.7. The zero-order valence-corrected chi connectivity index (χ0v) is 15.6. The first-order chi connectivity index (χ1) is 11.7. The minimum atomic E-state index is -1.17. The predicted molar refractivity (Wildman–Crippen MR) is 101 cm³/mol. The van der Waals surface area contributed by atoms with E-state index in [4.69, 9.17) is 0 Å². The molecule has 132 valence electrons. The normalized spacial score (nSPS) is 11.1. The van der Waals surface area contributed by atoms with Gasteiger partial charge in [0.2, 0.25) is 11.8 Å². The zero-order valence-electron chi connectivity index (χ0n) is 15.6. The van der Waals surface area contributed by atoms with E-state index in [1.54, 1.807) is 13.8 Å². The van der Waals surface area contributed by atoms with Crippen LogP contribution in [0.15, 0.2) is 42.5 Å². The van der Waals surface area contributed by atoms with Crippen molar-refractivity contribution in [3.8, 4) is 0 Å². The lowest BCUT2D eigenvalue weighted by molar-refractivity contribution is -0.138. The molecule has 0 heterocycles. The molecule has 0 radical (unpaired) electrons. The Morgan fingerprint density at radius 2 is 1.44 bits per heavy atom. The van der Waals surface area contributed by atoms with Crippen LogP contribution in [-0.4, -0.2) is 11.8 Å². The third-order valence-corrected chi connectivity index (χ3v) is 4.43. The molecule has 25 heavy (non-hydrogen) atoms. The predicted octanol–water partition coefficient (Wildman–Crippen LogP) is 3.89. The highest BCUT2D eigenvalue weighted by atomic mass is 16.2. The Labute approximate surface area is 149 Å². The minimum absolute atomic E-state index is 0.295. The van der Waals surface area contributed by atoms with E-state index in [9.17, 15) is 9.59 Å². The maximum Gasteiger partial charge on any atom is 0.239 e. The molecule has 2 amide bonds. The van der Waals surface area contributed by atoms with Gasteiger partial charge in [0.25, 0.3) is 0 Å². The molecule has 0 spiro atoms. The standard InChI is InChI=1S/C21H26N2O2/c1-14-9-11-17(12-10-14)13-22-19(24)21(4,5)20(25)23-18-15(2)7-6-8-16(18)3/h6-12H,13H2,1-5H3,(H,22,24)(H,23,25). The lowest BCUT2D eigenvalue weighted by atomic mass is 9.90. The van der Waals surface area contributed by atoms with E-state index in [1.807, 2.05) is 63.2 Å². The summed E-state index contributed by atoms with van der Waals surface area (Å²) in [4.78, 5) is 25.2. The van der Waals surface area contributed by atoms with E-state index in [1.165, 1.54) is 5.56 Å². The van der Waals surface area contributed by atoms with Crippen molar-refractivity contribution in [1.82, 2.24) is 5.32 Å². The van der Waals surface area contributed by atoms with Crippen LogP contribution in [0.2, 0.25) is 0 Å². The Kier molecular flexibility index (Phi) is 5.62. The number of rotatable bonds is 5. The van der Waals surface area contributed by atoms with Gasteiger partial charge in [0.05, 0.1) is 0 Å². The largest absolute Gasteiger partial charge is 0.351 e. The third kappa shape index (κ3) is 4.47. The lowest BCUT2D eigenvalue weighted by Gasteiger charge is -2.24. The molecule has 0 bridgehead atoms. The van der Waals surface area contributed by atoms with E-state index in [2.05, 4.69) is 10.6 Å². The van der Waals surface area contributed by atoms with Crippen molar-refractivity contribution in [2.75, 3.05) is 5.32 Å². The van der Waals surface area contributed by atoms with Gasteiger partial charge in [0.1, 0.15) is 5.41 Å². The third-order valence-electron chi connectivity index (χ3n) is 4.43. The number of nitrogens with one attached hydrogen (secondary N) is 2. The Bertz CT molecular complexity index is 757. The number of hydrogen-bond acceptors (Lipinski definition) is 2. The van der Waals surface area contributed by atoms with Crippen LogP contribution >= 0.6 is 0 Å². The fraction of sp³-hybridized carbons (Fsp3) is 0.333. The summed E-state index contributed by atoms with van der Waals surface area (Å²) in [5, 5.41) is 5.76. The van der Waals surface area contributed by atoms with Crippen LogP contribution in [-0.2, 0) is 16.1 Å². The highest BCUT2D eigenvalue weighted by Gasteiger charge is 2.36. The molecule has 4 heteroatoms. The summed E-state index contributed by atoms with van der Waals surface area (Å²) in [6.45, 7) is 9.57. The molecule has 4 nitrogen and oxygen atoms in total. The summed E-state index contributed by atoms with van der Waals surface area (Å²) >= 11 is 0. The first kappa shape index (κ1) is 18.7. The molecule has 0 aliphatic carbocycles. The van der Waals surface area contributed by atoms with E-state index >= 15 is 0 Å². The summed E-state index contributed by atoms with van der Waals surface area (Å²) in [5.74, 6) is -0.608. The van der Waals surface area contributed by atoms with Crippen molar-refractivity contribution >= 4 is 17.5 Å². The van der Waals surface area contributed by atoms with Crippen molar-refractivity contribution in [2.45, 2.75) is 41.2 Å². The quantitative estimate of drug-likeness (QED) is 0.813. The molecular weight excluding hydrogens is 312 g/mol. The molecule has 0 aromatic heterocycles. The van der Waals surface area contributed by atoms with E-state index in [0.29, 0.717) is 6.54 Å². The number of aryl methyl sites for hydroxylation is 3. The van der Waals surface area contributed by atoms with Crippen molar-refractivity contribution in [2.24, 2.45) is 5.41 Å². The minimum Gasteiger partial charge on any atom is -0.351 e. The van der Waals surface area contributed by atoms with Crippen LogP contribution in [0.3, 0.4) is 0 Å². The van der Waals surface area contributed by atoms with Gasteiger partial charge < -0.3 is 10.6 Å². The number of hydrogen-bond donors (Lipinski definition) is 2. The molecule has 2 aromatic rings. The van der Waals surface area contributed by atoms with Gasteiger partial charge >= 0.3 is 0 Å². The smallest absolute Gasteiger partial charge is 0.239 e. The molecule has 0 fully saturated rings. The summed E-state index contributed by atoms with van der Waals surface area (Å²) in [5.41, 5.74) is 3.73. The first-order valence-electron chi connectivity index (χ1n) is 8.43. The van der Waals surface area contributed by atoms with Gasteiger partial charge in [-0.25, -0.2) is 0 Å². The fourth-order valence-electron chi connectivity index (χ4n) is 2.49. The number of amides is 2. The average Bonchev–Trinajstić information content (AvgIpc) is 2.57. The number of para-hydroxylation sites is 1. The molecule has 0 saturated carbocycles. The van der Waals surface area contributed by atoms with Crippen LogP contribution in [0.1, 0.15) is 36.1 Å². The molecule has 2 aromatic carbocycles. The van der Waals surface area contributed by atoms with E-state index in [-0.39, 0.29) is 11.8 Å². The maximum atomic E-state index is 12.7. The highest BCUT2D eigenvalue weighted by molar-refractivity contribution is 6.10. The summed E-state index contributed by atoms with van der Waals surface area (Å²) in [6.07, 6.45) is 0. The van der Waals surface area contributed by atoms with E-state index in [0.717, 1.165) is 22.4 Å². The second-order valence-corrected chi connectivity index (χ2v) is 7.01. The number of carbonyl (C=O) groups is 2. The van der Waals surface area contributed by atoms with Gasteiger partial charge in [-0.1, -0.05) is 48.0 Å². The lowest BCUT2D eigenvalue weighted by Crippen LogP contribution is -2.45. The molecule has 2 rings (SSSR count). The van der Waals surface area contributed by atoms with Crippen molar-refractivity contribution in [3.05, 3.63) is 64.7 Å². The second kappa shape index (κ2) is 7.51. The zero-order chi connectivity index (χ0) is 18.6. The molecule has 0 saturated heterocycles. The Morgan fingerprint density at radius 3 is 2.00 bits per heavy atom.